The van der Waals surface area contributed by atoms with Gasteiger partial charge in [-0.1, -0.05) is 19.9 Å². The van der Waals surface area contributed by atoms with E-state index < -0.39 is 30.0 Å². The van der Waals surface area contributed by atoms with E-state index in [0.29, 0.717) is 13.2 Å². The highest BCUT2D eigenvalue weighted by Crippen LogP contribution is 2.55. The molecule has 138 valence electrons. The van der Waals surface area contributed by atoms with Crippen LogP contribution in [0.1, 0.15) is 20.3 Å². The Kier molecular flexibility index (Phi) is 3.85. The normalized spacial score (nSPS) is 39.1. The van der Waals surface area contributed by atoms with Crippen LogP contribution in [0.25, 0.3) is 0 Å². The summed E-state index contributed by atoms with van der Waals surface area (Å²) in [6.45, 7) is 5.22. The molecule has 2 saturated heterocycles. The second-order valence-electron chi connectivity index (χ2n) is 8.05. The number of fused-ring (bicyclic) bond motifs is 1. The second kappa shape index (κ2) is 5.61. The summed E-state index contributed by atoms with van der Waals surface area (Å²) in [6.07, 6.45) is 1.08. The molecule has 7 nitrogen and oxygen atoms in total. The molecule has 5 aliphatic rings. The van der Waals surface area contributed by atoms with Gasteiger partial charge < -0.3 is 23.7 Å². The fraction of sp³-hybridized carbons (Fsp3) is 0.778. The van der Waals surface area contributed by atoms with Gasteiger partial charge in [0, 0.05) is 31.5 Å². The zero-order chi connectivity index (χ0) is 18.0. The van der Waals surface area contributed by atoms with Gasteiger partial charge in [-0.25, -0.2) is 0 Å². The number of ether oxygens (including phenoxy) is 5. The summed E-state index contributed by atoms with van der Waals surface area (Å²) >= 11 is 0. The van der Waals surface area contributed by atoms with Crippen molar-refractivity contribution in [2.24, 2.45) is 23.2 Å². The van der Waals surface area contributed by atoms with Gasteiger partial charge >= 0.3 is 5.97 Å². The molecule has 4 atom stereocenters. The Labute approximate surface area is 146 Å². The number of hydrogen-bond acceptors (Lipinski definition) is 7. The third-order valence-corrected chi connectivity index (χ3v) is 5.80. The number of rotatable bonds is 3. The largest absolute Gasteiger partial charge is 0.461 e. The molecule has 3 aliphatic carbocycles. The molecule has 0 aromatic heterocycles. The topological polar surface area (TPSA) is 80.3 Å². The fourth-order valence-electron chi connectivity index (χ4n) is 4.61. The summed E-state index contributed by atoms with van der Waals surface area (Å²) in [5, 5.41) is 0. The van der Waals surface area contributed by atoms with Crippen molar-refractivity contribution in [2.45, 2.75) is 38.4 Å². The van der Waals surface area contributed by atoms with Gasteiger partial charge in [-0.15, -0.1) is 0 Å². The molecule has 0 aromatic rings. The first kappa shape index (κ1) is 17.1. The molecule has 0 N–H and O–H groups in total. The summed E-state index contributed by atoms with van der Waals surface area (Å²) in [4.78, 5) is 24.9. The summed E-state index contributed by atoms with van der Waals surface area (Å²) in [6, 6.07) is 0. The number of carbonyl (C=O) groups is 2. The van der Waals surface area contributed by atoms with Gasteiger partial charge in [0.25, 0.3) is 0 Å². The molecule has 0 spiro atoms. The number of methoxy groups -OCH3 is 2. The molecular formula is C18H24O7. The quantitative estimate of drug-likeness (QED) is 0.427. The van der Waals surface area contributed by atoms with E-state index in [2.05, 4.69) is 13.8 Å². The number of ketones is 1. The Balaban J connectivity index is 1.73. The second-order valence-corrected chi connectivity index (χ2v) is 8.05. The van der Waals surface area contributed by atoms with Gasteiger partial charge in [-0.3, -0.25) is 9.59 Å². The van der Waals surface area contributed by atoms with Crippen LogP contribution in [-0.4, -0.2) is 57.4 Å². The predicted octanol–water partition coefficient (Wildman–Crippen LogP) is 1.06. The lowest BCUT2D eigenvalue weighted by Crippen LogP contribution is -2.66. The Bertz CT molecular complexity index is 623. The average molecular weight is 352 g/mol. The van der Waals surface area contributed by atoms with Crippen molar-refractivity contribution in [1.82, 2.24) is 0 Å². The van der Waals surface area contributed by atoms with Crippen molar-refractivity contribution < 1.29 is 33.3 Å². The highest BCUT2D eigenvalue weighted by molar-refractivity contribution is 5.94. The van der Waals surface area contributed by atoms with Crippen molar-refractivity contribution >= 4 is 11.8 Å². The van der Waals surface area contributed by atoms with E-state index in [-0.39, 0.29) is 29.5 Å². The first-order valence-electron chi connectivity index (χ1n) is 8.62. The van der Waals surface area contributed by atoms with E-state index in [1.54, 1.807) is 0 Å². The lowest BCUT2D eigenvalue weighted by molar-refractivity contribution is -0.269. The molecule has 7 heteroatoms. The number of esters is 1. The summed E-state index contributed by atoms with van der Waals surface area (Å²) < 4.78 is 28.5. The third kappa shape index (κ3) is 2.33. The number of hydrogen-bond donors (Lipinski definition) is 0. The maximum atomic E-state index is 13.0. The summed E-state index contributed by atoms with van der Waals surface area (Å²) in [5.41, 5.74) is 0.711. The van der Waals surface area contributed by atoms with Crippen LogP contribution in [0.3, 0.4) is 0 Å². The van der Waals surface area contributed by atoms with Crippen LogP contribution in [0.4, 0.5) is 0 Å². The van der Waals surface area contributed by atoms with Gasteiger partial charge in [0.1, 0.15) is 6.10 Å². The molecular weight excluding hydrogens is 328 g/mol. The minimum Gasteiger partial charge on any atom is -0.461 e. The van der Waals surface area contributed by atoms with E-state index in [9.17, 15) is 9.59 Å². The fourth-order valence-corrected chi connectivity index (χ4v) is 4.61. The zero-order valence-electron chi connectivity index (χ0n) is 14.9. The monoisotopic (exact) mass is 352 g/mol. The zero-order valence-corrected chi connectivity index (χ0v) is 14.9. The van der Waals surface area contributed by atoms with Crippen LogP contribution >= 0.6 is 0 Å². The first-order valence-corrected chi connectivity index (χ1v) is 8.62. The van der Waals surface area contributed by atoms with Gasteiger partial charge in [0.2, 0.25) is 5.79 Å². The van der Waals surface area contributed by atoms with E-state index in [4.69, 9.17) is 23.7 Å². The molecule has 4 unspecified atom stereocenters. The van der Waals surface area contributed by atoms with Crippen LogP contribution < -0.4 is 0 Å². The molecule has 25 heavy (non-hydrogen) atoms. The van der Waals surface area contributed by atoms with Crippen molar-refractivity contribution in [3.63, 3.8) is 0 Å². The van der Waals surface area contributed by atoms with Crippen LogP contribution in [0.2, 0.25) is 0 Å². The Hall–Kier alpha value is -1.28. The Morgan fingerprint density at radius 3 is 2.36 bits per heavy atom. The van der Waals surface area contributed by atoms with Crippen molar-refractivity contribution in [1.29, 1.82) is 0 Å². The smallest absolute Gasteiger partial charge is 0.306 e. The molecule has 2 bridgehead atoms. The Morgan fingerprint density at radius 2 is 1.76 bits per heavy atom. The van der Waals surface area contributed by atoms with Gasteiger partial charge in [-0.05, 0) is 5.57 Å². The van der Waals surface area contributed by atoms with Crippen LogP contribution in [0, 0.1) is 23.2 Å². The van der Waals surface area contributed by atoms with Crippen molar-refractivity contribution in [3.05, 3.63) is 11.6 Å². The van der Waals surface area contributed by atoms with Gasteiger partial charge in [0.15, 0.2) is 12.1 Å². The lowest BCUT2D eigenvalue weighted by Gasteiger charge is -2.53. The van der Waals surface area contributed by atoms with Gasteiger partial charge in [0.05, 0.1) is 25.6 Å². The summed E-state index contributed by atoms with van der Waals surface area (Å²) in [7, 11) is 2.88. The molecule has 3 fully saturated rings. The highest BCUT2D eigenvalue weighted by atomic mass is 16.7. The van der Waals surface area contributed by atoms with E-state index in [1.807, 2.05) is 6.08 Å². The SMILES string of the molecule is COC1(OC)C(=O)C2C=C(C3OCC(C)(C)CO3)C1C1OC(=O)CC21. The summed E-state index contributed by atoms with van der Waals surface area (Å²) in [5.74, 6) is -3.17. The molecule has 2 aliphatic heterocycles. The molecule has 0 amide bonds. The molecule has 2 heterocycles. The third-order valence-electron chi connectivity index (χ3n) is 5.80. The van der Waals surface area contributed by atoms with Crippen molar-refractivity contribution in [2.75, 3.05) is 27.4 Å². The number of carbonyl (C=O) groups excluding carboxylic acids is 2. The average Bonchev–Trinajstić information content (AvgIpc) is 2.97. The predicted molar refractivity (Wildman–Crippen MR) is 84.3 cm³/mol. The van der Waals surface area contributed by atoms with Crippen LogP contribution in [-0.2, 0) is 33.3 Å². The standard InChI is InChI=1S/C18H24O7/c1-17(2)7-23-16(24-8-17)11-5-10-9-6-12(19)25-14(9)13(11)18(21-3,22-4)15(10)20/h5,9-10,13-14,16H,6-8H2,1-4H3. The number of allylic oxidation sites excluding steroid dienone is 1. The molecule has 0 radical (unpaired) electrons. The lowest BCUT2D eigenvalue weighted by atomic mass is 9.59. The maximum absolute atomic E-state index is 13.0. The minimum atomic E-state index is -1.47. The van der Waals surface area contributed by atoms with Crippen LogP contribution in [0.5, 0.6) is 0 Å². The van der Waals surface area contributed by atoms with Crippen LogP contribution in [0.15, 0.2) is 11.6 Å². The van der Waals surface area contributed by atoms with E-state index >= 15 is 0 Å². The molecule has 1 saturated carbocycles. The molecule has 0 aromatic carbocycles. The maximum Gasteiger partial charge on any atom is 0.306 e. The number of Topliss-reactive ketones (excluding diaryl/α,β-unsaturated/α-hetero) is 1. The Morgan fingerprint density at radius 1 is 1.12 bits per heavy atom. The minimum absolute atomic E-state index is 0.0669. The van der Waals surface area contributed by atoms with Gasteiger partial charge in [-0.2, -0.15) is 0 Å². The first-order chi connectivity index (χ1) is 11.8. The van der Waals surface area contributed by atoms with E-state index in [0.717, 1.165) is 5.57 Å². The van der Waals surface area contributed by atoms with Crippen molar-refractivity contribution in [3.8, 4) is 0 Å². The highest BCUT2D eigenvalue weighted by Gasteiger charge is 2.68. The van der Waals surface area contributed by atoms with E-state index in [1.165, 1.54) is 14.2 Å². The molecule has 5 rings (SSSR count).